The predicted molar refractivity (Wildman–Crippen MR) is 95.1 cm³/mol. The van der Waals surface area contributed by atoms with Crippen molar-refractivity contribution < 1.29 is 4.79 Å². The number of hydrogen-bond donors (Lipinski definition) is 1. The lowest BCUT2D eigenvalue weighted by atomic mass is 9.47. The minimum Gasteiger partial charge on any atom is -0.347 e. The third-order valence-corrected chi connectivity index (χ3v) is 7.47. The van der Waals surface area contributed by atoms with Crippen LogP contribution >= 0.6 is 11.6 Å². The molecule has 1 heterocycles. The van der Waals surface area contributed by atoms with Crippen LogP contribution in [-0.2, 0) is 7.05 Å². The molecule has 4 aliphatic rings. The van der Waals surface area contributed by atoms with Crippen LogP contribution in [0.5, 0.6) is 0 Å². The van der Waals surface area contributed by atoms with Crippen molar-refractivity contribution in [3.05, 3.63) is 16.4 Å². The number of carbonyl (C=O) groups is 1. The first-order chi connectivity index (χ1) is 11.4. The molecule has 1 amide bonds. The molecule has 4 aliphatic carbocycles. The zero-order valence-electron chi connectivity index (χ0n) is 14.9. The largest absolute Gasteiger partial charge is 0.347 e. The molecular weight excluding hydrogens is 322 g/mol. The van der Waals surface area contributed by atoms with E-state index < -0.39 is 0 Å². The Morgan fingerprint density at radius 1 is 1.29 bits per heavy atom. The van der Waals surface area contributed by atoms with Crippen LogP contribution in [0.2, 0.25) is 5.02 Å². The Morgan fingerprint density at radius 3 is 2.25 bits per heavy atom. The normalized spacial score (nSPS) is 35.2. The number of nitrogens with one attached hydrogen (secondary N) is 1. The predicted octanol–water partition coefficient (Wildman–Crippen LogP) is 4.11. The number of hydrogen-bond acceptors (Lipinski definition) is 2. The Kier molecular flexibility index (Phi) is 3.94. The van der Waals surface area contributed by atoms with Crippen LogP contribution in [0.15, 0.2) is 0 Å². The van der Waals surface area contributed by atoms with Crippen LogP contribution in [0.1, 0.15) is 68.1 Å². The molecule has 0 unspecified atom stereocenters. The summed E-state index contributed by atoms with van der Waals surface area (Å²) in [6.45, 7) is 4.09. The second kappa shape index (κ2) is 5.76. The summed E-state index contributed by atoms with van der Waals surface area (Å²) in [6.07, 6.45) is 9.16. The van der Waals surface area contributed by atoms with Gasteiger partial charge in [0.15, 0.2) is 5.69 Å². The molecule has 24 heavy (non-hydrogen) atoms. The van der Waals surface area contributed by atoms with E-state index in [1.54, 1.807) is 4.68 Å². The molecule has 0 radical (unpaired) electrons. The van der Waals surface area contributed by atoms with Gasteiger partial charge in [0, 0.05) is 13.1 Å². The third-order valence-electron chi connectivity index (χ3n) is 7.01. The maximum absolute atomic E-state index is 12.8. The molecule has 1 aromatic rings. The molecule has 5 rings (SSSR count). The Morgan fingerprint density at radius 2 is 1.83 bits per heavy atom. The number of nitrogens with zero attached hydrogens (tertiary/aromatic N) is 2. The fraction of sp³-hybridized carbons (Fsp3) is 0.789. The summed E-state index contributed by atoms with van der Waals surface area (Å²) in [6, 6.07) is 0.247. The van der Waals surface area contributed by atoms with Crippen molar-refractivity contribution in [3.63, 3.8) is 0 Å². The molecule has 4 fully saturated rings. The summed E-state index contributed by atoms with van der Waals surface area (Å²) in [5.41, 5.74) is 1.53. The summed E-state index contributed by atoms with van der Waals surface area (Å²) in [5, 5.41) is 8.12. The molecule has 5 heteroatoms. The number of aryl methyl sites for hydroxylation is 1. The van der Waals surface area contributed by atoms with Crippen molar-refractivity contribution in [2.45, 2.75) is 64.8 Å². The summed E-state index contributed by atoms with van der Waals surface area (Å²) in [5.74, 6) is 2.57. The second-order valence-electron chi connectivity index (χ2n) is 8.59. The van der Waals surface area contributed by atoms with Gasteiger partial charge in [-0.1, -0.05) is 18.5 Å². The first-order valence-corrected chi connectivity index (χ1v) is 9.79. The monoisotopic (exact) mass is 349 g/mol. The van der Waals surface area contributed by atoms with Gasteiger partial charge >= 0.3 is 0 Å². The van der Waals surface area contributed by atoms with E-state index in [0.717, 1.165) is 29.9 Å². The molecule has 4 saturated carbocycles. The van der Waals surface area contributed by atoms with Crippen molar-refractivity contribution in [1.29, 1.82) is 0 Å². The van der Waals surface area contributed by atoms with E-state index in [-0.39, 0.29) is 11.9 Å². The van der Waals surface area contributed by atoms with Gasteiger partial charge in [-0.05, 0) is 75.0 Å². The molecule has 1 atom stereocenters. The molecule has 1 N–H and O–H groups in total. The Balaban J connectivity index is 1.56. The van der Waals surface area contributed by atoms with E-state index in [9.17, 15) is 4.79 Å². The molecule has 4 nitrogen and oxygen atoms in total. The molecule has 1 aromatic heterocycles. The molecular formula is C19H28ClN3O. The average Bonchev–Trinajstić information content (AvgIpc) is 2.78. The van der Waals surface area contributed by atoms with E-state index in [0.29, 0.717) is 16.1 Å². The molecule has 4 bridgehead atoms. The summed E-state index contributed by atoms with van der Waals surface area (Å²) >= 11 is 6.31. The lowest BCUT2D eigenvalue weighted by Crippen LogP contribution is -2.56. The molecule has 0 spiro atoms. The number of aromatic nitrogens is 2. The minimum absolute atomic E-state index is 0.105. The Hall–Kier alpha value is -1.03. The van der Waals surface area contributed by atoms with Gasteiger partial charge in [0.25, 0.3) is 5.91 Å². The van der Waals surface area contributed by atoms with E-state index in [4.69, 9.17) is 11.6 Å². The van der Waals surface area contributed by atoms with Crippen molar-refractivity contribution >= 4 is 17.5 Å². The Bertz CT molecular complexity index is 631. The Labute approximate surface area is 149 Å². The van der Waals surface area contributed by atoms with Gasteiger partial charge in [-0.25, -0.2) is 0 Å². The van der Waals surface area contributed by atoms with E-state index >= 15 is 0 Å². The van der Waals surface area contributed by atoms with Gasteiger partial charge in [-0.3, -0.25) is 9.48 Å². The van der Waals surface area contributed by atoms with Crippen molar-refractivity contribution in [1.82, 2.24) is 15.1 Å². The van der Waals surface area contributed by atoms with Crippen LogP contribution in [0.3, 0.4) is 0 Å². The first kappa shape index (κ1) is 16.4. The smallest absolute Gasteiger partial charge is 0.273 e. The quantitative estimate of drug-likeness (QED) is 0.889. The molecule has 0 saturated heterocycles. The standard InChI is InChI=1S/C19H28ClN3O/c1-4-15(21-18(24)17-16(20)11(2)23(3)22-17)19-8-12-5-13(9-19)7-14(6-12)10-19/h12-15H,4-10H2,1-3H3,(H,21,24)/t12?,13?,14?,15-,19?/m0/s1. The highest BCUT2D eigenvalue weighted by Crippen LogP contribution is 2.61. The van der Waals surface area contributed by atoms with E-state index in [1.165, 1.54) is 38.5 Å². The van der Waals surface area contributed by atoms with Gasteiger partial charge in [-0.15, -0.1) is 0 Å². The van der Waals surface area contributed by atoms with Crippen LogP contribution in [0, 0.1) is 30.1 Å². The SMILES string of the molecule is CC[C@H](NC(=O)c1nn(C)c(C)c1Cl)C12CC3CC(CC(C3)C1)C2. The highest BCUT2D eigenvalue weighted by molar-refractivity contribution is 6.34. The van der Waals surface area contributed by atoms with Crippen LogP contribution in [-0.4, -0.2) is 21.7 Å². The average molecular weight is 350 g/mol. The lowest BCUT2D eigenvalue weighted by Gasteiger charge is -2.59. The topological polar surface area (TPSA) is 46.9 Å². The second-order valence-corrected chi connectivity index (χ2v) is 8.96. The van der Waals surface area contributed by atoms with Gasteiger partial charge < -0.3 is 5.32 Å². The van der Waals surface area contributed by atoms with Crippen molar-refractivity contribution in [3.8, 4) is 0 Å². The van der Waals surface area contributed by atoms with E-state index in [1.807, 2.05) is 14.0 Å². The summed E-state index contributed by atoms with van der Waals surface area (Å²) in [7, 11) is 1.83. The highest BCUT2D eigenvalue weighted by atomic mass is 35.5. The molecule has 132 valence electrons. The number of carbonyl (C=O) groups excluding carboxylic acids is 1. The number of rotatable bonds is 4. The maximum Gasteiger partial charge on any atom is 0.273 e. The zero-order chi connectivity index (χ0) is 17.1. The zero-order valence-corrected chi connectivity index (χ0v) is 15.7. The van der Waals surface area contributed by atoms with Crippen LogP contribution < -0.4 is 5.32 Å². The van der Waals surface area contributed by atoms with Crippen LogP contribution in [0.4, 0.5) is 0 Å². The highest BCUT2D eigenvalue weighted by Gasteiger charge is 2.54. The maximum atomic E-state index is 12.8. The number of halogens is 1. The van der Waals surface area contributed by atoms with Gasteiger partial charge in [0.05, 0.1) is 10.7 Å². The van der Waals surface area contributed by atoms with Gasteiger partial charge in [-0.2, -0.15) is 5.10 Å². The first-order valence-electron chi connectivity index (χ1n) is 9.42. The number of amides is 1. The molecule has 0 aromatic carbocycles. The minimum atomic E-state index is -0.105. The van der Waals surface area contributed by atoms with Crippen LogP contribution in [0.25, 0.3) is 0 Å². The molecule has 0 aliphatic heterocycles. The lowest BCUT2D eigenvalue weighted by molar-refractivity contribution is -0.0727. The van der Waals surface area contributed by atoms with Crippen molar-refractivity contribution in [2.24, 2.45) is 30.2 Å². The van der Waals surface area contributed by atoms with E-state index in [2.05, 4.69) is 17.3 Å². The fourth-order valence-electron chi connectivity index (χ4n) is 6.25. The summed E-state index contributed by atoms with van der Waals surface area (Å²) < 4.78 is 1.68. The van der Waals surface area contributed by atoms with Gasteiger partial charge in [0.2, 0.25) is 0 Å². The van der Waals surface area contributed by atoms with Crippen molar-refractivity contribution in [2.75, 3.05) is 0 Å². The fourth-order valence-corrected chi connectivity index (χ4v) is 6.49. The van der Waals surface area contributed by atoms with Gasteiger partial charge in [0.1, 0.15) is 0 Å². The summed E-state index contributed by atoms with van der Waals surface area (Å²) in [4.78, 5) is 12.8. The third kappa shape index (κ3) is 2.49.